The Morgan fingerprint density at radius 2 is 1.85 bits per heavy atom. The summed E-state index contributed by atoms with van der Waals surface area (Å²) in [5.74, 6) is -0.993. The van der Waals surface area contributed by atoms with E-state index in [0.29, 0.717) is 16.9 Å². The number of aliphatic hydroxyl groups excluding tert-OH is 3. The molecule has 7 heteroatoms. The van der Waals surface area contributed by atoms with Crippen LogP contribution in [-0.2, 0) is 14.9 Å². The molecule has 0 aromatic carbocycles. The van der Waals surface area contributed by atoms with Crippen LogP contribution in [-0.4, -0.2) is 39.6 Å². The number of esters is 1. The highest BCUT2D eigenvalue weighted by atomic mass is 16.6. The molecule has 1 aromatic rings. The molecule has 142 valence electrons. The van der Waals surface area contributed by atoms with Crippen molar-refractivity contribution in [1.82, 2.24) is 0 Å². The Morgan fingerprint density at radius 1 is 1.19 bits per heavy atom. The van der Waals surface area contributed by atoms with E-state index in [1.165, 1.54) is 6.07 Å². The van der Waals surface area contributed by atoms with Crippen molar-refractivity contribution in [2.75, 3.05) is 0 Å². The fourth-order valence-corrected chi connectivity index (χ4v) is 5.60. The second-order valence-corrected chi connectivity index (χ2v) is 8.62. The van der Waals surface area contributed by atoms with Gasteiger partial charge in [0.25, 0.3) is 0 Å². The van der Waals surface area contributed by atoms with Crippen molar-refractivity contribution in [3.8, 4) is 0 Å². The van der Waals surface area contributed by atoms with Gasteiger partial charge in [0.2, 0.25) is 0 Å². The van der Waals surface area contributed by atoms with Crippen LogP contribution in [0.2, 0.25) is 0 Å². The Hall–Kier alpha value is -1.70. The first kappa shape index (κ1) is 17.7. The average Bonchev–Trinajstić information content (AvgIpc) is 2.84. The number of aliphatic hydroxyl groups is 3. The second kappa shape index (κ2) is 5.18. The van der Waals surface area contributed by atoms with Gasteiger partial charge >= 0.3 is 11.6 Å². The summed E-state index contributed by atoms with van der Waals surface area (Å²) in [6, 6.07) is 1.34. The van der Waals surface area contributed by atoms with E-state index in [0.717, 1.165) is 0 Å². The molecule has 1 saturated carbocycles. The molecule has 2 fully saturated rings. The lowest BCUT2D eigenvalue weighted by Gasteiger charge is -2.55. The van der Waals surface area contributed by atoms with Gasteiger partial charge in [0.1, 0.15) is 23.4 Å². The molecule has 4 rings (SSSR count). The highest BCUT2D eigenvalue weighted by Crippen LogP contribution is 2.63. The number of ether oxygens (including phenoxy) is 1. The lowest BCUT2D eigenvalue weighted by atomic mass is 9.48. The summed E-state index contributed by atoms with van der Waals surface area (Å²) in [5, 5.41) is 32.1. The van der Waals surface area contributed by atoms with E-state index in [-0.39, 0.29) is 12.3 Å². The maximum Gasteiger partial charge on any atom is 0.336 e. The molecule has 1 aromatic heterocycles. The predicted molar refractivity (Wildman–Crippen MR) is 89.5 cm³/mol. The molecular formula is C19H24O7. The molecule has 3 N–H and O–H groups in total. The van der Waals surface area contributed by atoms with E-state index in [2.05, 4.69) is 0 Å². The zero-order valence-corrected chi connectivity index (χ0v) is 15.2. The number of rotatable bonds is 1. The predicted octanol–water partition coefficient (Wildman–Crippen LogP) is 0.741. The SMILES string of the molecule is CC(C)c1oc(=O)cc2c1[C@@H](O)C1OC(=O)[C@]3(C)C1[C@]2(C)C[C@H](O)[C@@H]3O. The Kier molecular flexibility index (Phi) is 3.53. The van der Waals surface area contributed by atoms with E-state index < -0.39 is 52.8 Å². The summed E-state index contributed by atoms with van der Waals surface area (Å²) in [6.07, 6.45) is -4.31. The van der Waals surface area contributed by atoms with Crippen molar-refractivity contribution < 1.29 is 29.3 Å². The van der Waals surface area contributed by atoms with E-state index in [9.17, 15) is 24.9 Å². The summed E-state index contributed by atoms with van der Waals surface area (Å²) in [6.45, 7) is 7.12. The summed E-state index contributed by atoms with van der Waals surface area (Å²) in [5.41, 5.74) is -1.68. The number of hydrogen-bond acceptors (Lipinski definition) is 7. The smallest absolute Gasteiger partial charge is 0.336 e. The first-order valence-electron chi connectivity index (χ1n) is 8.97. The standard InChI is InChI=1S/C19H24O7/c1-7(2)13-11-8(5-10(21)25-13)18(3)6-9(20)16(23)19(4)15(18)14(12(11)22)26-17(19)24/h5,7,9,12,14-16,20,22-23H,6H2,1-4H3/t9-,12+,14?,15?,16-,18+,19+/m0/s1. The zero-order valence-electron chi connectivity index (χ0n) is 15.2. The zero-order chi connectivity index (χ0) is 19.2. The maximum atomic E-state index is 12.7. The van der Waals surface area contributed by atoms with Gasteiger partial charge < -0.3 is 24.5 Å². The molecule has 1 saturated heterocycles. The third kappa shape index (κ3) is 1.88. The number of carbonyl (C=O) groups is 1. The second-order valence-electron chi connectivity index (χ2n) is 8.62. The van der Waals surface area contributed by atoms with Crippen molar-refractivity contribution in [3.63, 3.8) is 0 Å². The highest BCUT2D eigenvalue weighted by molar-refractivity contribution is 5.82. The van der Waals surface area contributed by atoms with Crippen molar-refractivity contribution in [2.24, 2.45) is 11.3 Å². The van der Waals surface area contributed by atoms with E-state index in [1.54, 1.807) is 6.92 Å². The van der Waals surface area contributed by atoms with Gasteiger partial charge in [-0.25, -0.2) is 4.79 Å². The van der Waals surface area contributed by atoms with Gasteiger partial charge in [-0.3, -0.25) is 4.79 Å². The van der Waals surface area contributed by atoms with Gasteiger partial charge in [0, 0.05) is 28.9 Å². The summed E-state index contributed by atoms with van der Waals surface area (Å²) in [4.78, 5) is 24.9. The minimum absolute atomic E-state index is 0.155. The molecule has 1 aliphatic heterocycles. The lowest BCUT2D eigenvalue weighted by Crippen LogP contribution is -2.63. The van der Waals surface area contributed by atoms with Gasteiger partial charge in [0.15, 0.2) is 0 Å². The van der Waals surface area contributed by atoms with Crippen molar-refractivity contribution in [3.05, 3.63) is 33.4 Å². The third-order valence-corrected chi connectivity index (χ3v) is 6.73. The van der Waals surface area contributed by atoms with E-state index in [4.69, 9.17) is 9.15 Å². The molecule has 2 aliphatic carbocycles. The van der Waals surface area contributed by atoms with Crippen LogP contribution in [0.15, 0.2) is 15.3 Å². The molecule has 2 unspecified atom stereocenters. The number of carbonyl (C=O) groups excluding carboxylic acids is 1. The Bertz CT molecular complexity index is 843. The van der Waals surface area contributed by atoms with Crippen LogP contribution in [0.5, 0.6) is 0 Å². The first-order chi connectivity index (χ1) is 12.0. The van der Waals surface area contributed by atoms with Crippen LogP contribution in [0.1, 0.15) is 63.0 Å². The van der Waals surface area contributed by atoms with Crippen LogP contribution in [0.3, 0.4) is 0 Å². The Labute approximate surface area is 150 Å². The molecule has 0 radical (unpaired) electrons. The Balaban J connectivity index is 2.05. The minimum Gasteiger partial charge on any atom is -0.458 e. The summed E-state index contributed by atoms with van der Waals surface area (Å²) in [7, 11) is 0. The normalized spacial score (nSPS) is 43.8. The molecule has 0 spiro atoms. The quantitative estimate of drug-likeness (QED) is 0.629. The molecule has 0 amide bonds. The van der Waals surface area contributed by atoms with E-state index >= 15 is 0 Å². The number of fused-ring (bicyclic) bond motifs is 2. The highest BCUT2D eigenvalue weighted by Gasteiger charge is 2.72. The van der Waals surface area contributed by atoms with Gasteiger partial charge in [-0.1, -0.05) is 20.8 Å². The average molecular weight is 364 g/mol. The molecule has 2 heterocycles. The van der Waals surface area contributed by atoms with Crippen LogP contribution in [0, 0.1) is 11.3 Å². The molecular weight excluding hydrogens is 340 g/mol. The molecule has 7 nitrogen and oxygen atoms in total. The molecule has 3 aliphatic rings. The van der Waals surface area contributed by atoms with Crippen LogP contribution in [0.4, 0.5) is 0 Å². The van der Waals surface area contributed by atoms with Gasteiger partial charge in [-0.15, -0.1) is 0 Å². The fourth-order valence-electron chi connectivity index (χ4n) is 5.60. The molecule has 7 atom stereocenters. The van der Waals surface area contributed by atoms with Crippen molar-refractivity contribution >= 4 is 5.97 Å². The van der Waals surface area contributed by atoms with Gasteiger partial charge in [-0.2, -0.15) is 0 Å². The number of hydrogen-bond donors (Lipinski definition) is 3. The van der Waals surface area contributed by atoms with Gasteiger partial charge in [0.05, 0.1) is 12.2 Å². The first-order valence-corrected chi connectivity index (χ1v) is 8.97. The monoisotopic (exact) mass is 364 g/mol. The topological polar surface area (TPSA) is 117 Å². The van der Waals surface area contributed by atoms with Crippen LogP contribution < -0.4 is 5.63 Å². The molecule has 26 heavy (non-hydrogen) atoms. The summed E-state index contributed by atoms with van der Waals surface area (Å²) < 4.78 is 10.9. The maximum absolute atomic E-state index is 12.7. The summed E-state index contributed by atoms with van der Waals surface area (Å²) >= 11 is 0. The fraction of sp³-hybridized carbons (Fsp3) is 0.684. The van der Waals surface area contributed by atoms with Crippen LogP contribution >= 0.6 is 0 Å². The minimum atomic E-state index is -1.36. The van der Waals surface area contributed by atoms with Crippen LogP contribution in [0.25, 0.3) is 0 Å². The third-order valence-electron chi connectivity index (χ3n) is 6.73. The van der Waals surface area contributed by atoms with Crippen molar-refractivity contribution in [1.29, 1.82) is 0 Å². The lowest BCUT2D eigenvalue weighted by molar-refractivity contribution is -0.166. The largest absolute Gasteiger partial charge is 0.458 e. The molecule has 0 bridgehead atoms. The van der Waals surface area contributed by atoms with Crippen molar-refractivity contribution in [2.45, 2.75) is 69.9 Å². The van der Waals surface area contributed by atoms with E-state index in [1.807, 2.05) is 20.8 Å². The van der Waals surface area contributed by atoms with Gasteiger partial charge in [-0.05, 0) is 18.9 Å². The Morgan fingerprint density at radius 3 is 2.46 bits per heavy atom.